The maximum atomic E-state index is 6.12. The first-order chi connectivity index (χ1) is 9.21. The molecule has 3 rings (SSSR count). The number of hydrogen-bond acceptors (Lipinski definition) is 3. The third-order valence-corrected chi connectivity index (χ3v) is 4.66. The molecule has 4 heteroatoms. The summed E-state index contributed by atoms with van der Waals surface area (Å²) in [7, 11) is -0.338. The molecule has 106 valence electrons. The molecule has 0 spiro atoms. The summed E-state index contributed by atoms with van der Waals surface area (Å²) in [5, 5.41) is 1.16. The van der Waals surface area contributed by atoms with Crippen LogP contribution in [0.5, 0.6) is 0 Å². The zero-order valence-electron chi connectivity index (χ0n) is 13.0. The molecule has 0 atom stereocenters. The fraction of sp³-hybridized carbons (Fsp3) is 0.500. The van der Waals surface area contributed by atoms with Gasteiger partial charge in [0.15, 0.2) is 0 Å². The Kier molecular flexibility index (Phi) is 2.83. The quantitative estimate of drug-likeness (QED) is 0.746. The average molecular weight is 272 g/mol. The van der Waals surface area contributed by atoms with E-state index in [0.717, 1.165) is 22.0 Å². The second kappa shape index (κ2) is 4.12. The predicted octanol–water partition coefficient (Wildman–Crippen LogP) is 3.35. The summed E-state index contributed by atoms with van der Waals surface area (Å²) in [5.74, 6) is 0. The highest BCUT2D eigenvalue weighted by atomic mass is 16.7. The molecule has 0 saturated carbocycles. The summed E-state index contributed by atoms with van der Waals surface area (Å²) in [6.07, 6.45) is 1.79. The van der Waals surface area contributed by atoms with Gasteiger partial charge in [-0.1, -0.05) is 5.56 Å². The van der Waals surface area contributed by atoms with Crippen LogP contribution in [0.3, 0.4) is 0 Å². The number of furan rings is 1. The largest absolute Gasteiger partial charge is 0.495 e. The Balaban J connectivity index is 2.05. The molecule has 1 aromatic heterocycles. The van der Waals surface area contributed by atoms with Crippen LogP contribution in [0.1, 0.15) is 38.8 Å². The monoisotopic (exact) mass is 272 g/mol. The second-order valence-electron chi connectivity index (χ2n) is 6.71. The minimum absolute atomic E-state index is 0.321. The molecule has 1 aromatic carbocycles. The highest BCUT2D eigenvalue weighted by molar-refractivity contribution is 6.63. The number of fused-ring (bicyclic) bond motifs is 1. The second-order valence-corrected chi connectivity index (χ2v) is 6.71. The van der Waals surface area contributed by atoms with Gasteiger partial charge in [-0.2, -0.15) is 0 Å². The molecular formula is C16H21BO3. The Morgan fingerprint density at radius 2 is 1.50 bits per heavy atom. The van der Waals surface area contributed by atoms with E-state index in [4.69, 9.17) is 13.7 Å². The topological polar surface area (TPSA) is 31.6 Å². The van der Waals surface area contributed by atoms with Gasteiger partial charge in [0.25, 0.3) is 0 Å². The number of benzene rings is 1. The highest BCUT2D eigenvalue weighted by Crippen LogP contribution is 2.37. The molecule has 2 aromatic rings. The standard InChI is InChI=1S/C16H21BO3/c1-10-7-12-11(2)9-18-14(12)8-13(10)17-19-15(3,4)16(5,6)20-17/h7-9H,1-6H3. The van der Waals surface area contributed by atoms with Gasteiger partial charge in [-0.25, -0.2) is 0 Å². The van der Waals surface area contributed by atoms with Crippen LogP contribution >= 0.6 is 0 Å². The van der Waals surface area contributed by atoms with Gasteiger partial charge in [0.1, 0.15) is 5.58 Å². The zero-order chi connectivity index (χ0) is 14.7. The molecule has 0 unspecified atom stereocenters. The average Bonchev–Trinajstić information content (AvgIpc) is 2.77. The van der Waals surface area contributed by atoms with E-state index >= 15 is 0 Å². The van der Waals surface area contributed by atoms with E-state index in [-0.39, 0.29) is 18.3 Å². The zero-order valence-corrected chi connectivity index (χ0v) is 13.0. The summed E-state index contributed by atoms with van der Waals surface area (Å²) >= 11 is 0. The van der Waals surface area contributed by atoms with Crippen molar-refractivity contribution in [2.75, 3.05) is 0 Å². The van der Waals surface area contributed by atoms with Crippen molar-refractivity contribution in [3.63, 3.8) is 0 Å². The molecular weight excluding hydrogens is 251 g/mol. The Labute approximate surface area is 120 Å². The van der Waals surface area contributed by atoms with E-state index in [1.807, 2.05) is 6.07 Å². The molecule has 20 heavy (non-hydrogen) atoms. The van der Waals surface area contributed by atoms with Crippen molar-refractivity contribution in [1.82, 2.24) is 0 Å². The van der Waals surface area contributed by atoms with Crippen molar-refractivity contribution >= 4 is 23.6 Å². The molecule has 0 amide bonds. The van der Waals surface area contributed by atoms with Gasteiger partial charge in [0, 0.05) is 5.39 Å². The van der Waals surface area contributed by atoms with E-state index in [1.165, 1.54) is 5.56 Å². The Morgan fingerprint density at radius 1 is 0.900 bits per heavy atom. The van der Waals surface area contributed by atoms with Gasteiger partial charge < -0.3 is 13.7 Å². The first-order valence-electron chi connectivity index (χ1n) is 7.05. The normalized spacial score (nSPS) is 20.8. The first kappa shape index (κ1) is 13.7. The first-order valence-corrected chi connectivity index (χ1v) is 7.05. The maximum Gasteiger partial charge on any atom is 0.495 e. The van der Waals surface area contributed by atoms with Crippen LogP contribution in [0.4, 0.5) is 0 Å². The van der Waals surface area contributed by atoms with E-state index in [2.05, 4.69) is 47.6 Å². The van der Waals surface area contributed by atoms with Gasteiger partial charge in [-0.3, -0.25) is 0 Å². The molecule has 0 radical (unpaired) electrons. The van der Waals surface area contributed by atoms with E-state index < -0.39 is 0 Å². The van der Waals surface area contributed by atoms with Crippen molar-refractivity contribution in [3.05, 3.63) is 29.5 Å². The molecule has 3 nitrogen and oxygen atoms in total. The lowest BCUT2D eigenvalue weighted by molar-refractivity contribution is 0.00578. The molecule has 1 fully saturated rings. The van der Waals surface area contributed by atoms with Crippen molar-refractivity contribution in [2.24, 2.45) is 0 Å². The number of hydrogen-bond donors (Lipinski definition) is 0. The van der Waals surface area contributed by atoms with Crippen molar-refractivity contribution in [2.45, 2.75) is 52.7 Å². The van der Waals surface area contributed by atoms with Gasteiger partial charge in [-0.15, -0.1) is 0 Å². The van der Waals surface area contributed by atoms with Gasteiger partial charge in [0.2, 0.25) is 0 Å². The third kappa shape index (κ3) is 1.90. The summed E-state index contributed by atoms with van der Waals surface area (Å²) in [6, 6.07) is 4.19. The summed E-state index contributed by atoms with van der Waals surface area (Å²) in [6.45, 7) is 12.4. The van der Waals surface area contributed by atoms with Crippen molar-refractivity contribution < 1.29 is 13.7 Å². The molecule has 1 saturated heterocycles. The number of rotatable bonds is 1. The smallest absolute Gasteiger partial charge is 0.464 e. The maximum absolute atomic E-state index is 6.12. The van der Waals surface area contributed by atoms with Crippen molar-refractivity contribution in [1.29, 1.82) is 0 Å². The van der Waals surface area contributed by atoms with E-state index in [1.54, 1.807) is 6.26 Å². The molecule has 0 N–H and O–H groups in total. The van der Waals surface area contributed by atoms with Crippen molar-refractivity contribution in [3.8, 4) is 0 Å². The molecule has 1 aliphatic heterocycles. The number of aryl methyl sites for hydroxylation is 2. The molecule has 0 bridgehead atoms. The van der Waals surface area contributed by atoms with Gasteiger partial charge in [-0.05, 0) is 64.7 Å². The van der Waals surface area contributed by atoms with Crippen LogP contribution in [0.2, 0.25) is 0 Å². The fourth-order valence-electron chi connectivity index (χ4n) is 2.55. The Morgan fingerprint density at radius 3 is 2.10 bits per heavy atom. The molecule has 1 aliphatic rings. The summed E-state index contributed by atoms with van der Waals surface area (Å²) < 4.78 is 17.8. The minimum atomic E-state index is -0.338. The lowest BCUT2D eigenvalue weighted by Gasteiger charge is -2.32. The van der Waals surface area contributed by atoms with E-state index in [0.29, 0.717) is 0 Å². The van der Waals surface area contributed by atoms with Crippen LogP contribution < -0.4 is 5.46 Å². The van der Waals surface area contributed by atoms with E-state index in [9.17, 15) is 0 Å². The Bertz CT molecular complexity index is 654. The van der Waals surface area contributed by atoms with Gasteiger partial charge in [0.05, 0.1) is 17.5 Å². The summed E-state index contributed by atoms with van der Waals surface area (Å²) in [4.78, 5) is 0. The predicted molar refractivity (Wildman–Crippen MR) is 81.4 cm³/mol. The lowest BCUT2D eigenvalue weighted by atomic mass is 9.76. The van der Waals surface area contributed by atoms with Crippen LogP contribution in [0, 0.1) is 13.8 Å². The fourth-order valence-corrected chi connectivity index (χ4v) is 2.55. The van der Waals surface area contributed by atoms with Crippen LogP contribution in [0.25, 0.3) is 11.0 Å². The minimum Gasteiger partial charge on any atom is -0.464 e. The molecule has 0 aliphatic carbocycles. The van der Waals surface area contributed by atoms with Gasteiger partial charge >= 0.3 is 7.12 Å². The van der Waals surface area contributed by atoms with Crippen LogP contribution in [-0.2, 0) is 9.31 Å². The third-order valence-electron chi connectivity index (χ3n) is 4.66. The SMILES string of the molecule is Cc1cc2c(C)coc2cc1B1OC(C)(C)C(C)(C)O1. The van der Waals surface area contributed by atoms with Crippen LogP contribution in [0.15, 0.2) is 22.8 Å². The van der Waals surface area contributed by atoms with Crippen LogP contribution in [-0.4, -0.2) is 18.3 Å². The highest BCUT2D eigenvalue weighted by Gasteiger charge is 2.52. The Hall–Kier alpha value is -1.26. The molecule has 2 heterocycles. The summed E-state index contributed by atoms with van der Waals surface area (Å²) in [5.41, 5.74) is 3.61. The lowest BCUT2D eigenvalue weighted by Crippen LogP contribution is -2.41.